The normalized spacial score (nSPS) is 12.5. The van der Waals surface area contributed by atoms with Crippen LogP contribution in [0.15, 0.2) is 30.3 Å². The van der Waals surface area contributed by atoms with Crippen LogP contribution in [-0.4, -0.2) is 5.37 Å². The Bertz CT molecular complexity index is 216. The molecule has 0 fully saturated rings. The lowest BCUT2D eigenvalue weighted by Gasteiger charge is -2.06. The molecule has 1 aromatic rings. The van der Waals surface area contributed by atoms with Gasteiger partial charge in [-0.05, 0) is 23.3 Å². The molecule has 1 heteroatoms. The Morgan fingerprint density at radius 3 is 2.55 bits per heavy atom. The second-order valence-corrected chi connectivity index (χ2v) is 3.05. The molecule has 0 aliphatic heterocycles. The van der Waals surface area contributed by atoms with Crippen LogP contribution in [0.25, 0.3) is 0 Å². The highest BCUT2D eigenvalue weighted by atomic mass is 32.1. The molecule has 1 aromatic carbocycles. The highest BCUT2D eigenvalue weighted by Crippen LogP contribution is 2.16. The Hall–Kier alpha value is -0.690. The molecule has 0 heterocycles. The van der Waals surface area contributed by atoms with E-state index in [0.29, 0.717) is 5.92 Å². The summed E-state index contributed by atoms with van der Waals surface area (Å²) in [5, 5.41) is 1.80. The molecule has 0 bridgehead atoms. The molecule has 0 aliphatic rings. The van der Waals surface area contributed by atoms with Gasteiger partial charge in [-0.1, -0.05) is 49.5 Å². The zero-order chi connectivity index (χ0) is 8.10. The molecule has 1 unspecified atom stereocenters. The summed E-state index contributed by atoms with van der Waals surface area (Å²) in [6, 6.07) is 10.4. The predicted molar refractivity (Wildman–Crippen MR) is 53.1 cm³/mol. The Morgan fingerprint density at radius 2 is 2.00 bits per heavy atom. The van der Waals surface area contributed by atoms with E-state index < -0.39 is 0 Å². The van der Waals surface area contributed by atoms with Crippen LogP contribution >= 0.6 is 12.2 Å². The number of benzene rings is 1. The van der Waals surface area contributed by atoms with Gasteiger partial charge >= 0.3 is 0 Å². The van der Waals surface area contributed by atoms with Gasteiger partial charge in [0.05, 0.1) is 0 Å². The van der Waals surface area contributed by atoms with Gasteiger partial charge in [-0.3, -0.25) is 0 Å². The Balaban J connectivity index is 2.68. The molecule has 0 amide bonds. The van der Waals surface area contributed by atoms with Crippen LogP contribution in [0.4, 0.5) is 0 Å². The van der Waals surface area contributed by atoms with E-state index in [1.54, 1.807) is 5.37 Å². The summed E-state index contributed by atoms with van der Waals surface area (Å²) >= 11 is 4.80. The first-order valence-electron chi connectivity index (χ1n) is 3.83. The second kappa shape index (κ2) is 4.24. The van der Waals surface area contributed by atoms with Crippen molar-refractivity contribution >= 4 is 17.6 Å². The molecule has 0 radical (unpaired) electrons. The smallest absolute Gasteiger partial charge is 0.0148 e. The first-order chi connectivity index (χ1) is 5.34. The summed E-state index contributed by atoms with van der Waals surface area (Å²) in [7, 11) is 0. The monoisotopic (exact) mass is 164 g/mol. The third kappa shape index (κ3) is 2.43. The molecule has 0 spiro atoms. The summed E-state index contributed by atoms with van der Waals surface area (Å²) < 4.78 is 0. The molecule has 58 valence electrons. The lowest BCUT2D eigenvalue weighted by Crippen LogP contribution is -1.91. The third-order valence-corrected chi connectivity index (χ3v) is 2.01. The minimum atomic E-state index is 0.564. The number of hydrogen-bond donors (Lipinski definition) is 0. The molecule has 1 atom stereocenters. The highest BCUT2D eigenvalue weighted by molar-refractivity contribution is 7.78. The Morgan fingerprint density at radius 1 is 1.36 bits per heavy atom. The second-order valence-electron chi connectivity index (χ2n) is 2.71. The first kappa shape index (κ1) is 8.41. The lowest BCUT2D eigenvalue weighted by molar-refractivity contribution is 0.818. The van der Waals surface area contributed by atoms with Gasteiger partial charge in [0.15, 0.2) is 0 Å². The van der Waals surface area contributed by atoms with E-state index in [9.17, 15) is 0 Å². The van der Waals surface area contributed by atoms with E-state index in [0.717, 1.165) is 6.42 Å². The minimum absolute atomic E-state index is 0.564. The van der Waals surface area contributed by atoms with Gasteiger partial charge in [-0.2, -0.15) is 0 Å². The highest BCUT2D eigenvalue weighted by Gasteiger charge is 2.00. The van der Waals surface area contributed by atoms with Gasteiger partial charge in [0, 0.05) is 0 Å². The van der Waals surface area contributed by atoms with Gasteiger partial charge in [0.2, 0.25) is 0 Å². The SMILES string of the molecule is CC(CC=S)c1ccccc1. The fourth-order valence-corrected chi connectivity index (χ4v) is 1.35. The van der Waals surface area contributed by atoms with Crippen molar-refractivity contribution in [2.24, 2.45) is 0 Å². The van der Waals surface area contributed by atoms with Crippen LogP contribution in [0.2, 0.25) is 0 Å². The van der Waals surface area contributed by atoms with Crippen molar-refractivity contribution in [3.8, 4) is 0 Å². The average Bonchev–Trinajstić information content (AvgIpc) is 2.07. The van der Waals surface area contributed by atoms with E-state index >= 15 is 0 Å². The van der Waals surface area contributed by atoms with E-state index in [1.165, 1.54) is 5.56 Å². The van der Waals surface area contributed by atoms with Crippen LogP contribution in [0.3, 0.4) is 0 Å². The first-order valence-corrected chi connectivity index (χ1v) is 4.30. The molecular formula is C10H12S. The van der Waals surface area contributed by atoms with Crippen molar-refractivity contribution in [2.75, 3.05) is 0 Å². The molecule has 11 heavy (non-hydrogen) atoms. The van der Waals surface area contributed by atoms with Crippen molar-refractivity contribution in [1.29, 1.82) is 0 Å². The maximum atomic E-state index is 4.80. The largest absolute Gasteiger partial charge is 0.0935 e. The summed E-state index contributed by atoms with van der Waals surface area (Å²) in [5.41, 5.74) is 1.37. The van der Waals surface area contributed by atoms with E-state index in [-0.39, 0.29) is 0 Å². The van der Waals surface area contributed by atoms with Gasteiger partial charge in [0.25, 0.3) is 0 Å². The Kier molecular flexibility index (Phi) is 3.24. The molecular weight excluding hydrogens is 152 g/mol. The minimum Gasteiger partial charge on any atom is -0.0935 e. The van der Waals surface area contributed by atoms with E-state index in [1.807, 2.05) is 6.07 Å². The quantitative estimate of drug-likeness (QED) is 0.618. The summed E-state index contributed by atoms with van der Waals surface area (Å²) in [4.78, 5) is 0. The predicted octanol–water partition coefficient (Wildman–Crippen LogP) is 3.18. The standard InChI is InChI=1S/C10H12S/c1-9(7-8-11)10-5-3-2-4-6-10/h2-6,8-9H,7H2,1H3. The molecule has 0 saturated carbocycles. The molecule has 0 saturated heterocycles. The lowest BCUT2D eigenvalue weighted by atomic mass is 9.99. The van der Waals surface area contributed by atoms with Crippen molar-refractivity contribution in [2.45, 2.75) is 19.3 Å². The third-order valence-electron chi connectivity index (χ3n) is 1.82. The fraction of sp³-hybridized carbons (Fsp3) is 0.300. The van der Waals surface area contributed by atoms with Crippen molar-refractivity contribution in [3.05, 3.63) is 35.9 Å². The summed E-state index contributed by atoms with van der Waals surface area (Å²) in [6.07, 6.45) is 0.985. The Labute approximate surface area is 73.2 Å². The van der Waals surface area contributed by atoms with Crippen LogP contribution in [-0.2, 0) is 0 Å². The van der Waals surface area contributed by atoms with Crippen LogP contribution in [0.1, 0.15) is 24.8 Å². The zero-order valence-corrected chi connectivity index (χ0v) is 7.47. The maximum absolute atomic E-state index is 4.80. The van der Waals surface area contributed by atoms with Gasteiger partial charge < -0.3 is 0 Å². The van der Waals surface area contributed by atoms with Crippen LogP contribution < -0.4 is 0 Å². The van der Waals surface area contributed by atoms with Gasteiger partial charge in [-0.15, -0.1) is 0 Å². The number of hydrogen-bond acceptors (Lipinski definition) is 1. The summed E-state index contributed by atoms with van der Waals surface area (Å²) in [6.45, 7) is 2.19. The number of rotatable bonds is 3. The molecule has 0 nitrogen and oxygen atoms in total. The van der Waals surface area contributed by atoms with Crippen LogP contribution in [0.5, 0.6) is 0 Å². The average molecular weight is 164 g/mol. The maximum Gasteiger partial charge on any atom is -0.0148 e. The zero-order valence-electron chi connectivity index (χ0n) is 6.66. The van der Waals surface area contributed by atoms with E-state index in [2.05, 4.69) is 31.2 Å². The van der Waals surface area contributed by atoms with Gasteiger partial charge in [0.1, 0.15) is 0 Å². The van der Waals surface area contributed by atoms with Gasteiger partial charge in [-0.25, -0.2) is 0 Å². The molecule has 1 rings (SSSR count). The van der Waals surface area contributed by atoms with Crippen molar-refractivity contribution < 1.29 is 0 Å². The molecule has 0 aliphatic carbocycles. The molecule has 0 N–H and O–H groups in total. The van der Waals surface area contributed by atoms with Crippen molar-refractivity contribution in [3.63, 3.8) is 0 Å². The summed E-state index contributed by atoms with van der Waals surface area (Å²) in [5.74, 6) is 0.564. The van der Waals surface area contributed by atoms with E-state index in [4.69, 9.17) is 12.2 Å². The topological polar surface area (TPSA) is 0 Å². The van der Waals surface area contributed by atoms with Crippen molar-refractivity contribution in [1.82, 2.24) is 0 Å². The van der Waals surface area contributed by atoms with Crippen LogP contribution in [0, 0.1) is 0 Å². The fourth-order valence-electron chi connectivity index (χ4n) is 1.06. The number of thiocarbonyl (C=S) groups is 1. The molecule has 0 aromatic heterocycles.